The van der Waals surface area contributed by atoms with Crippen LogP contribution in [0.5, 0.6) is 5.75 Å². The van der Waals surface area contributed by atoms with Crippen molar-refractivity contribution in [1.82, 2.24) is 4.90 Å². The molecule has 0 amide bonds. The van der Waals surface area contributed by atoms with Crippen LogP contribution in [-0.4, -0.2) is 17.5 Å². The summed E-state index contributed by atoms with van der Waals surface area (Å²) in [5.41, 5.74) is 2.48. The molecule has 0 radical (unpaired) electrons. The monoisotopic (exact) mass is 375 g/mol. The van der Waals surface area contributed by atoms with Crippen LogP contribution < -0.4 is 4.74 Å². The first-order chi connectivity index (χ1) is 13.3. The number of ether oxygens (including phenoxy) is 1. The summed E-state index contributed by atoms with van der Waals surface area (Å²) < 4.78 is 5.97. The molecular weight excluding hydrogens is 342 g/mol. The Labute approximate surface area is 171 Å². The van der Waals surface area contributed by atoms with Crippen molar-refractivity contribution < 1.29 is 4.74 Å². The van der Waals surface area contributed by atoms with Gasteiger partial charge in [0.05, 0.1) is 0 Å². The van der Waals surface area contributed by atoms with Gasteiger partial charge in [0.15, 0.2) is 0 Å². The maximum Gasteiger partial charge on any atom is 0.120 e. The number of nitrogens with zero attached hydrogens (tertiary/aromatic N) is 1. The van der Waals surface area contributed by atoms with Gasteiger partial charge in [-0.05, 0) is 64.0 Å². The molecule has 0 spiro atoms. The Bertz CT molecular complexity index is 804. The van der Waals surface area contributed by atoms with Gasteiger partial charge in [-0.3, -0.25) is 4.90 Å². The Balaban J connectivity index is 1.94. The van der Waals surface area contributed by atoms with E-state index in [1.807, 2.05) is 30.3 Å². The van der Waals surface area contributed by atoms with E-state index >= 15 is 0 Å². The first kappa shape index (κ1) is 21.8. The molecule has 0 aromatic heterocycles. The Morgan fingerprint density at radius 1 is 1.00 bits per heavy atom. The Morgan fingerprint density at radius 3 is 2.39 bits per heavy atom. The average Bonchev–Trinajstić information content (AvgIpc) is 2.65. The van der Waals surface area contributed by atoms with E-state index in [4.69, 9.17) is 4.74 Å². The van der Waals surface area contributed by atoms with Crippen molar-refractivity contribution in [2.75, 3.05) is 6.54 Å². The second-order valence-corrected chi connectivity index (χ2v) is 8.37. The number of allylic oxidation sites excluding steroid dienone is 1. The lowest BCUT2D eigenvalue weighted by molar-refractivity contribution is 0.236. The summed E-state index contributed by atoms with van der Waals surface area (Å²) in [5, 5.41) is 0. The first-order valence-corrected chi connectivity index (χ1v) is 10.0. The molecule has 28 heavy (non-hydrogen) atoms. The van der Waals surface area contributed by atoms with Gasteiger partial charge >= 0.3 is 0 Å². The highest BCUT2D eigenvalue weighted by Gasteiger charge is 2.09. The summed E-state index contributed by atoms with van der Waals surface area (Å²) in [6.07, 6.45) is 4.12. The fourth-order valence-electron chi connectivity index (χ4n) is 2.67. The van der Waals surface area contributed by atoms with Crippen molar-refractivity contribution >= 4 is 0 Å². The third-order valence-electron chi connectivity index (χ3n) is 4.25. The third-order valence-corrected chi connectivity index (χ3v) is 4.25. The van der Waals surface area contributed by atoms with Gasteiger partial charge in [0.2, 0.25) is 0 Å². The number of hydrogen-bond donors (Lipinski definition) is 0. The van der Waals surface area contributed by atoms with Crippen molar-refractivity contribution in [3.8, 4) is 17.6 Å². The lowest BCUT2D eigenvalue weighted by Gasteiger charge is -2.25. The van der Waals surface area contributed by atoms with Crippen LogP contribution in [0.25, 0.3) is 0 Å². The van der Waals surface area contributed by atoms with Crippen LogP contribution in [-0.2, 0) is 13.2 Å². The zero-order valence-electron chi connectivity index (χ0n) is 17.9. The molecule has 2 heteroatoms. The lowest BCUT2D eigenvalue weighted by atomic mass is 9.98. The average molecular weight is 376 g/mol. The van der Waals surface area contributed by atoms with Gasteiger partial charge in [0.1, 0.15) is 12.4 Å². The van der Waals surface area contributed by atoms with E-state index in [0.29, 0.717) is 12.6 Å². The predicted molar refractivity (Wildman–Crippen MR) is 119 cm³/mol. The van der Waals surface area contributed by atoms with Crippen LogP contribution in [0.1, 0.15) is 45.7 Å². The molecule has 0 heterocycles. The van der Waals surface area contributed by atoms with E-state index in [-0.39, 0.29) is 5.41 Å². The normalized spacial score (nSPS) is 11.7. The topological polar surface area (TPSA) is 12.5 Å². The second kappa shape index (κ2) is 10.7. The van der Waals surface area contributed by atoms with Gasteiger partial charge in [0, 0.05) is 24.5 Å². The minimum Gasteiger partial charge on any atom is -0.489 e. The van der Waals surface area contributed by atoms with E-state index in [2.05, 4.69) is 87.8 Å². The standard InChI is InChI=1S/C26H33NO/c1-22(2)27(18-11-7-10-17-26(3,4)5)20-24-15-12-16-25(19-24)28-21-23-13-8-6-9-14-23/h6-9,11-16,19,22H,18,20-21H2,1-5H3. The molecule has 0 fully saturated rings. The highest BCUT2D eigenvalue weighted by Crippen LogP contribution is 2.17. The summed E-state index contributed by atoms with van der Waals surface area (Å²) in [7, 11) is 0. The van der Waals surface area contributed by atoms with Crippen LogP contribution in [0.15, 0.2) is 66.7 Å². The molecule has 0 unspecified atom stereocenters. The van der Waals surface area contributed by atoms with E-state index in [1.54, 1.807) is 0 Å². The van der Waals surface area contributed by atoms with Gasteiger partial charge in [-0.15, -0.1) is 0 Å². The highest BCUT2D eigenvalue weighted by molar-refractivity contribution is 5.29. The van der Waals surface area contributed by atoms with Gasteiger partial charge < -0.3 is 4.74 Å². The lowest BCUT2D eigenvalue weighted by Crippen LogP contribution is -2.30. The van der Waals surface area contributed by atoms with E-state index in [9.17, 15) is 0 Å². The van der Waals surface area contributed by atoms with Crippen molar-refractivity contribution in [1.29, 1.82) is 0 Å². The number of hydrogen-bond acceptors (Lipinski definition) is 2. The Hall–Kier alpha value is -2.50. The van der Waals surface area contributed by atoms with Crippen molar-refractivity contribution in [3.63, 3.8) is 0 Å². The van der Waals surface area contributed by atoms with Crippen molar-refractivity contribution in [2.24, 2.45) is 5.41 Å². The largest absolute Gasteiger partial charge is 0.489 e. The van der Waals surface area contributed by atoms with Gasteiger partial charge in [-0.1, -0.05) is 60.4 Å². The second-order valence-electron chi connectivity index (χ2n) is 8.37. The molecule has 0 bridgehead atoms. The van der Waals surface area contributed by atoms with Gasteiger partial charge in [0.25, 0.3) is 0 Å². The molecule has 0 saturated carbocycles. The predicted octanol–water partition coefficient (Wildman–Crippen LogP) is 6.08. The third kappa shape index (κ3) is 8.46. The van der Waals surface area contributed by atoms with Crippen LogP contribution in [0.3, 0.4) is 0 Å². The quantitative estimate of drug-likeness (QED) is 0.518. The van der Waals surface area contributed by atoms with Crippen LogP contribution in [0.4, 0.5) is 0 Å². The van der Waals surface area contributed by atoms with Gasteiger partial charge in [-0.2, -0.15) is 0 Å². The molecule has 0 atom stereocenters. The molecule has 2 nitrogen and oxygen atoms in total. The molecule has 2 aromatic carbocycles. The first-order valence-electron chi connectivity index (χ1n) is 10.0. The summed E-state index contributed by atoms with van der Waals surface area (Å²) in [5.74, 6) is 7.30. The van der Waals surface area contributed by atoms with Crippen molar-refractivity contribution in [3.05, 3.63) is 77.9 Å². The minimum absolute atomic E-state index is 0.0439. The minimum atomic E-state index is 0.0439. The highest BCUT2D eigenvalue weighted by atomic mass is 16.5. The van der Waals surface area contributed by atoms with E-state index in [0.717, 1.165) is 18.8 Å². The number of benzene rings is 2. The summed E-state index contributed by atoms with van der Waals surface area (Å²) in [6, 6.07) is 19.1. The summed E-state index contributed by atoms with van der Waals surface area (Å²) in [6.45, 7) is 13.2. The zero-order chi connectivity index (χ0) is 20.4. The van der Waals surface area contributed by atoms with Crippen LogP contribution in [0.2, 0.25) is 0 Å². The number of rotatable bonds is 8. The van der Waals surface area contributed by atoms with Crippen molar-refractivity contribution in [2.45, 2.75) is 53.8 Å². The smallest absolute Gasteiger partial charge is 0.120 e. The molecule has 148 valence electrons. The fraction of sp³-hybridized carbons (Fsp3) is 0.385. The van der Waals surface area contributed by atoms with Crippen LogP contribution in [0, 0.1) is 17.3 Å². The molecule has 2 rings (SSSR count). The SMILES string of the molecule is CC(C)N(CC=CC#CC(C)(C)C)Cc1cccc(OCc2ccccc2)c1. The fourth-order valence-corrected chi connectivity index (χ4v) is 2.67. The van der Waals surface area contributed by atoms with E-state index < -0.39 is 0 Å². The zero-order valence-corrected chi connectivity index (χ0v) is 17.9. The van der Waals surface area contributed by atoms with Crippen LogP contribution >= 0.6 is 0 Å². The molecular formula is C26H33NO. The summed E-state index contributed by atoms with van der Waals surface area (Å²) >= 11 is 0. The Kier molecular flexibility index (Phi) is 8.36. The maximum atomic E-state index is 5.97. The van der Waals surface area contributed by atoms with E-state index in [1.165, 1.54) is 11.1 Å². The molecule has 0 aliphatic heterocycles. The molecule has 0 aliphatic carbocycles. The maximum absolute atomic E-state index is 5.97. The molecule has 2 aromatic rings. The molecule has 0 saturated heterocycles. The summed E-state index contributed by atoms with van der Waals surface area (Å²) in [4.78, 5) is 2.42. The molecule has 0 aliphatic rings. The Morgan fingerprint density at radius 2 is 1.71 bits per heavy atom. The molecule has 0 N–H and O–H groups in total. The van der Waals surface area contributed by atoms with Gasteiger partial charge in [-0.25, -0.2) is 0 Å².